The maximum atomic E-state index is 10.4. The Morgan fingerprint density at radius 2 is 2.23 bits per heavy atom. The number of fused-ring (bicyclic) bond motifs is 1. The summed E-state index contributed by atoms with van der Waals surface area (Å²) in [6.45, 7) is 0. The molecule has 3 rings (SSSR count). The lowest BCUT2D eigenvalue weighted by Gasteiger charge is -1.89. The first kappa shape index (κ1) is 14.7. The van der Waals surface area contributed by atoms with Crippen LogP contribution >= 0.6 is 0 Å². The fraction of sp³-hybridized carbons (Fsp3) is 0. The van der Waals surface area contributed by atoms with Gasteiger partial charge < -0.3 is 16.5 Å². The fourth-order valence-corrected chi connectivity index (χ4v) is 1.43. The van der Waals surface area contributed by atoms with E-state index in [0.29, 0.717) is 16.7 Å². The zero-order valence-electron chi connectivity index (χ0n) is 11.1. The number of imidazole rings is 1. The van der Waals surface area contributed by atoms with Crippen LogP contribution in [0.25, 0.3) is 21.6 Å². The van der Waals surface area contributed by atoms with Gasteiger partial charge in [-0.25, -0.2) is 15.0 Å². The quantitative estimate of drug-likeness (QED) is 0.360. The largest absolute Gasteiger partial charge is 0.382 e. The number of amides is 1. The average molecular weight is 298 g/mol. The molecule has 0 fully saturated rings. The number of nitrogens with two attached hydrogens (primary N) is 2. The Morgan fingerprint density at radius 3 is 2.77 bits per heavy atom. The third-order valence-electron chi connectivity index (χ3n) is 2.39. The van der Waals surface area contributed by atoms with Gasteiger partial charge in [-0.15, -0.1) is 0 Å². The number of aromatic nitrogens is 5. The second-order valence-corrected chi connectivity index (χ2v) is 3.81. The van der Waals surface area contributed by atoms with Crippen molar-refractivity contribution in [3.05, 3.63) is 46.9 Å². The number of primary amides is 1. The van der Waals surface area contributed by atoms with Crippen molar-refractivity contribution in [2.75, 3.05) is 5.73 Å². The van der Waals surface area contributed by atoms with E-state index >= 15 is 0 Å². The average Bonchev–Trinajstić information content (AvgIpc) is 2.93. The second kappa shape index (κ2) is 6.63. The number of nitrogen functional groups attached to an aromatic ring is 1. The van der Waals surface area contributed by atoms with Gasteiger partial charge in [0.05, 0.1) is 5.56 Å². The van der Waals surface area contributed by atoms with Crippen LogP contribution in [0.1, 0.15) is 10.4 Å². The van der Waals surface area contributed by atoms with E-state index in [0.717, 1.165) is 0 Å². The van der Waals surface area contributed by atoms with Gasteiger partial charge in [-0.2, -0.15) is 0 Å². The molecule has 0 radical (unpaired) electrons. The van der Waals surface area contributed by atoms with Gasteiger partial charge in [0.2, 0.25) is 5.91 Å². The van der Waals surface area contributed by atoms with Crippen LogP contribution < -0.4 is 11.5 Å². The Balaban J connectivity index is 0.000000172. The lowest BCUT2D eigenvalue weighted by atomic mass is 10.3. The minimum Gasteiger partial charge on any atom is -0.382 e. The standard InChI is InChI=1S/C6H6N2O.C5H4N8/c7-6(9)5-2-1-3-8-4-5;6-3-2-4(9-1-8-3)11-5(10-2)12-13-7/h1-4H,(H2,7,9);1H,(H3,6,8,9,10,11). The molecule has 0 spiro atoms. The molecule has 0 unspecified atom stereocenters. The molecule has 0 bridgehead atoms. The summed E-state index contributed by atoms with van der Waals surface area (Å²) in [6.07, 6.45) is 4.31. The normalized spacial score (nSPS) is 9.45. The number of nitrogens with zero attached hydrogens (tertiary/aromatic N) is 7. The minimum absolute atomic E-state index is 0.129. The third-order valence-corrected chi connectivity index (χ3v) is 2.39. The predicted octanol–water partition coefficient (Wildman–Crippen LogP) is 1.06. The number of hydrogen-bond acceptors (Lipinski definition) is 7. The zero-order valence-corrected chi connectivity index (χ0v) is 11.1. The second-order valence-electron chi connectivity index (χ2n) is 3.81. The van der Waals surface area contributed by atoms with Gasteiger partial charge in [0.15, 0.2) is 17.4 Å². The lowest BCUT2D eigenvalue weighted by molar-refractivity contribution is 0.1000. The van der Waals surface area contributed by atoms with Crippen molar-refractivity contribution in [2.24, 2.45) is 10.8 Å². The predicted molar refractivity (Wildman–Crippen MR) is 77.7 cm³/mol. The van der Waals surface area contributed by atoms with E-state index < -0.39 is 5.91 Å². The highest BCUT2D eigenvalue weighted by Crippen LogP contribution is 2.17. The molecule has 3 heterocycles. The molecule has 0 aliphatic rings. The summed E-state index contributed by atoms with van der Waals surface area (Å²) < 4.78 is 0. The number of nitrogens with one attached hydrogen (secondary N) is 1. The molecular weight excluding hydrogens is 288 g/mol. The van der Waals surface area contributed by atoms with Crippen molar-refractivity contribution in [1.29, 1.82) is 0 Å². The summed E-state index contributed by atoms with van der Waals surface area (Å²) in [6, 6.07) is 3.29. The number of azide groups is 1. The van der Waals surface area contributed by atoms with Gasteiger partial charge in [0.25, 0.3) is 0 Å². The topological polar surface area (TPSA) is 185 Å². The van der Waals surface area contributed by atoms with Crippen molar-refractivity contribution in [1.82, 2.24) is 24.9 Å². The molecule has 22 heavy (non-hydrogen) atoms. The van der Waals surface area contributed by atoms with Gasteiger partial charge in [0.1, 0.15) is 11.8 Å². The zero-order chi connectivity index (χ0) is 15.9. The first-order valence-electron chi connectivity index (χ1n) is 5.83. The summed E-state index contributed by atoms with van der Waals surface area (Å²) >= 11 is 0. The van der Waals surface area contributed by atoms with Crippen molar-refractivity contribution in [2.45, 2.75) is 0 Å². The molecule has 0 saturated carbocycles. The first-order chi connectivity index (χ1) is 10.6. The molecule has 0 aliphatic heterocycles. The third kappa shape index (κ3) is 3.43. The van der Waals surface area contributed by atoms with E-state index in [-0.39, 0.29) is 11.8 Å². The molecule has 3 aromatic rings. The smallest absolute Gasteiger partial charge is 0.250 e. The number of rotatable bonds is 2. The van der Waals surface area contributed by atoms with Crippen molar-refractivity contribution in [3.63, 3.8) is 0 Å². The molecule has 0 aromatic carbocycles. The molecule has 3 aromatic heterocycles. The number of aromatic amines is 1. The van der Waals surface area contributed by atoms with E-state index in [1.165, 1.54) is 12.5 Å². The van der Waals surface area contributed by atoms with Crippen LogP contribution in [-0.2, 0) is 0 Å². The van der Waals surface area contributed by atoms with E-state index in [9.17, 15) is 4.79 Å². The SMILES string of the molecule is NC(=O)c1cccnc1.[N-]=[N+]=Nc1nc2ncnc(N)c2[nH]1. The van der Waals surface area contributed by atoms with E-state index in [1.807, 2.05) is 0 Å². The minimum atomic E-state index is -0.442. The van der Waals surface area contributed by atoms with Crippen LogP contribution in [0.15, 0.2) is 36.0 Å². The van der Waals surface area contributed by atoms with Crippen LogP contribution in [0.3, 0.4) is 0 Å². The highest BCUT2D eigenvalue weighted by molar-refractivity contribution is 5.92. The lowest BCUT2D eigenvalue weighted by Crippen LogP contribution is -2.10. The number of H-pyrrole nitrogens is 1. The van der Waals surface area contributed by atoms with Crippen LogP contribution in [0, 0.1) is 0 Å². The van der Waals surface area contributed by atoms with E-state index in [2.05, 4.69) is 34.9 Å². The Hall–Kier alpha value is -3.72. The highest BCUT2D eigenvalue weighted by atomic mass is 16.1. The highest BCUT2D eigenvalue weighted by Gasteiger charge is 2.04. The molecule has 0 aliphatic carbocycles. The van der Waals surface area contributed by atoms with Crippen molar-refractivity contribution < 1.29 is 4.79 Å². The summed E-state index contributed by atoms with van der Waals surface area (Å²) in [5, 5.41) is 3.28. The monoisotopic (exact) mass is 298 g/mol. The molecule has 11 nitrogen and oxygen atoms in total. The Morgan fingerprint density at radius 1 is 1.41 bits per heavy atom. The fourth-order valence-electron chi connectivity index (χ4n) is 1.43. The summed E-state index contributed by atoms with van der Waals surface area (Å²) in [7, 11) is 0. The molecule has 11 heteroatoms. The van der Waals surface area contributed by atoms with Crippen molar-refractivity contribution in [3.8, 4) is 0 Å². The molecule has 0 atom stereocenters. The summed E-state index contributed by atoms with van der Waals surface area (Å²) in [5.74, 6) is -0.0373. The number of pyridine rings is 1. The Kier molecular flexibility index (Phi) is 4.43. The molecule has 5 N–H and O–H groups in total. The molecule has 0 saturated heterocycles. The van der Waals surface area contributed by atoms with Gasteiger partial charge in [0, 0.05) is 17.3 Å². The summed E-state index contributed by atoms with van der Waals surface area (Å²) in [4.78, 5) is 30.8. The number of anilines is 1. The van der Waals surface area contributed by atoms with Crippen molar-refractivity contribution >= 4 is 28.8 Å². The van der Waals surface area contributed by atoms with Gasteiger partial charge in [-0.05, 0) is 22.8 Å². The van der Waals surface area contributed by atoms with Gasteiger partial charge in [-0.3, -0.25) is 9.78 Å². The van der Waals surface area contributed by atoms with Crippen LogP contribution in [0.5, 0.6) is 0 Å². The maximum Gasteiger partial charge on any atom is 0.250 e. The van der Waals surface area contributed by atoms with Gasteiger partial charge >= 0.3 is 0 Å². The Labute approximate surface area is 123 Å². The number of hydrogen-bond donors (Lipinski definition) is 3. The molecule has 110 valence electrons. The van der Waals surface area contributed by atoms with Crippen LogP contribution in [-0.4, -0.2) is 30.8 Å². The number of carbonyl (C=O) groups excluding carboxylic acids is 1. The van der Waals surface area contributed by atoms with E-state index in [4.69, 9.17) is 17.0 Å². The van der Waals surface area contributed by atoms with Gasteiger partial charge in [-0.1, -0.05) is 0 Å². The first-order valence-corrected chi connectivity index (χ1v) is 5.83. The summed E-state index contributed by atoms with van der Waals surface area (Å²) in [5.41, 5.74) is 19.9. The molecular formula is C11H10N10O. The van der Waals surface area contributed by atoms with Crippen LogP contribution in [0.2, 0.25) is 0 Å². The van der Waals surface area contributed by atoms with Crippen LogP contribution in [0.4, 0.5) is 11.8 Å². The molecule has 1 amide bonds. The maximum absolute atomic E-state index is 10.4. The Bertz CT molecular complexity index is 836. The van der Waals surface area contributed by atoms with E-state index in [1.54, 1.807) is 18.3 Å². The number of carbonyl (C=O) groups is 1.